The number of hydrogen-bond acceptors (Lipinski definition) is 4. The minimum absolute atomic E-state index is 0.0512. The van der Waals surface area contributed by atoms with Gasteiger partial charge >= 0.3 is 0 Å². The lowest BCUT2D eigenvalue weighted by molar-refractivity contribution is 0.768. The van der Waals surface area contributed by atoms with Gasteiger partial charge in [-0.15, -0.1) is 11.3 Å². The van der Waals surface area contributed by atoms with Gasteiger partial charge in [-0.1, -0.05) is 0 Å². The van der Waals surface area contributed by atoms with Crippen LogP contribution >= 0.6 is 11.3 Å². The average molecular weight is 322 g/mol. The van der Waals surface area contributed by atoms with E-state index in [0.29, 0.717) is 0 Å². The summed E-state index contributed by atoms with van der Waals surface area (Å²) in [6.07, 6.45) is 5.63. The number of aryl methyl sites for hydroxylation is 2. The van der Waals surface area contributed by atoms with Crippen molar-refractivity contribution < 1.29 is 0 Å². The molecule has 23 heavy (non-hydrogen) atoms. The third-order valence-electron chi connectivity index (χ3n) is 3.87. The van der Waals surface area contributed by atoms with Crippen molar-refractivity contribution in [2.75, 3.05) is 0 Å². The Kier molecular flexibility index (Phi) is 3.12. The number of aromatic nitrogens is 4. The van der Waals surface area contributed by atoms with Crippen LogP contribution in [-0.2, 0) is 7.05 Å². The smallest absolute Gasteiger partial charge is 0.255 e. The molecule has 0 saturated carbocycles. The Morgan fingerprint density at radius 3 is 2.83 bits per heavy atom. The van der Waals surface area contributed by atoms with Crippen LogP contribution in [0.3, 0.4) is 0 Å². The van der Waals surface area contributed by atoms with Crippen molar-refractivity contribution in [1.82, 2.24) is 19.3 Å². The second-order valence-electron chi connectivity index (χ2n) is 5.49. The van der Waals surface area contributed by atoms with Gasteiger partial charge in [-0.25, -0.2) is 4.98 Å². The second kappa shape index (κ2) is 5.17. The van der Waals surface area contributed by atoms with Gasteiger partial charge in [0.15, 0.2) is 0 Å². The van der Waals surface area contributed by atoms with Gasteiger partial charge in [0, 0.05) is 36.6 Å². The molecular weight excluding hydrogens is 308 g/mol. The van der Waals surface area contributed by atoms with E-state index in [2.05, 4.69) is 10.1 Å². The van der Waals surface area contributed by atoms with Gasteiger partial charge < -0.3 is 0 Å². The van der Waals surface area contributed by atoms with E-state index in [1.165, 1.54) is 0 Å². The molecule has 0 bridgehead atoms. The van der Waals surface area contributed by atoms with Crippen LogP contribution in [-0.4, -0.2) is 19.3 Å². The van der Waals surface area contributed by atoms with E-state index in [1.54, 1.807) is 32.8 Å². The minimum atomic E-state index is -0.0512. The van der Waals surface area contributed by atoms with Gasteiger partial charge in [-0.2, -0.15) is 5.10 Å². The molecule has 0 unspecified atom stereocenters. The number of hydrogen-bond donors (Lipinski definition) is 0. The highest BCUT2D eigenvalue weighted by Gasteiger charge is 2.10. The highest BCUT2D eigenvalue weighted by Crippen LogP contribution is 2.24. The summed E-state index contributed by atoms with van der Waals surface area (Å²) in [4.78, 5) is 16.8. The molecule has 0 spiro atoms. The maximum absolute atomic E-state index is 12.4. The van der Waals surface area contributed by atoms with E-state index in [4.69, 9.17) is 0 Å². The van der Waals surface area contributed by atoms with Gasteiger partial charge in [0.25, 0.3) is 5.56 Å². The molecule has 0 N–H and O–H groups in total. The van der Waals surface area contributed by atoms with Gasteiger partial charge in [0.05, 0.1) is 27.6 Å². The van der Waals surface area contributed by atoms with Crippen LogP contribution in [0.5, 0.6) is 0 Å². The van der Waals surface area contributed by atoms with Crippen molar-refractivity contribution in [1.29, 1.82) is 0 Å². The fraction of sp³-hybridized carbons (Fsp3) is 0.118. The van der Waals surface area contributed by atoms with Gasteiger partial charge in [-0.3, -0.25) is 14.0 Å². The Morgan fingerprint density at radius 2 is 2.04 bits per heavy atom. The summed E-state index contributed by atoms with van der Waals surface area (Å²) in [7, 11) is 1.88. The van der Waals surface area contributed by atoms with E-state index in [1.807, 2.05) is 50.1 Å². The predicted molar refractivity (Wildman–Crippen MR) is 92.2 cm³/mol. The first-order valence-corrected chi connectivity index (χ1v) is 8.06. The zero-order valence-electron chi connectivity index (χ0n) is 12.7. The molecule has 5 nitrogen and oxygen atoms in total. The zero-order chi connectivity index (χ0) is 16.0. The molecule has 0 atom stereocenters. The number of thiazole rings is 1. The van der Waals surface area contributed by atoms with Crippen LogP contribution in [0.2, 0.25) is 0 Å². The molecule has 0 radical (unpaired) electrons. The fourth-order valence-corrected chi connectivity index (χ4v) is 3.35. The summed E-state index contributed by atoms with van der Waals surface area (Å²) in [5.41, 5.74) is 6.41. The standard InChI is InChI=1S/C17H14N4OS/c1-11-5-17(22)21(9-14(11)12-7-19-20(2)8-12)13-3-4-16-15(6-13)18-10-23-16/h3-10H,1-2H3. The minimum Gasteiger partial charge on any atom is -0.284 e. The van der Waals surface area contributed by atoms with Crippen LogP contribution < -0.4 is 5.56 Å². The second-order valence-corrected chi connectivity index (χ2v) is 6.37. The molecule has 4 rings (SSSR count). The molecule has 0 amide bonds. The Bertz CT molecular complexity index is 1070. The van der Waals surface area contributed by atoms with Crippen LogP contribution in [0.15, 0.2) is 53.2 Å². The summed E-state index contributed by atoms with van der Waals surface area (Å²) >= 11 is 1.59. The summed E-state index contributed by atoms with van der Waals surface area (Å²) < 4.78 is 4.53. The van der Waals surface area contributed by atoms with Crippen molar-refractivity contribution in [3.63, 3.8) is 0 Å². The van der Waals surface area contributed by atoms with Gasteiger partial charge in [0.2, 0.25) is 0 Å². The maximum atomic E-state index is 12.4. The fourth-order valence-electron chi connectivity index (χ4n) is 2.69. The lowest BCUT2D eigenvalue weighted by Gasteiger charge is -2.10. The first-order chi connectivity index (χ1) is 11.1. The average Bonchev–Trinajstić information content (AvgIpc) is 3.15. The summed E-state index contributed by atoms with van der Waals surface area (Å²) in [6, 6.07) is 7.55. The Hall–Kier alpha value is -2.73. The van der Waals surface area contributed by atoms with Crippen LogP contribution in [0.25, 0.3) is 27.0 Å². The third kappa shape index (κ3) is 2.37. The molecule has 6 heteroatoms. The van der Waals surface area contributed by atoms with Crippen LogP contribution in [0.1, 0.15) is 5.56 Å². The van der Waals surface area contributed by atoms with E-state index in [0.717, 1.165) is 32.6 Å². The molecule has 114 valence electrons. The van der Waals surface area contributed by atoms with E-state index in [-0.39, 0.29) is 5.56 Å². The molecule has 1 aromatic carbocycles. The first-order valence-electron chi connectivity index (χ1n) is 7.18. The van der Waals surface area contributed by atoms with Gasteiger partial charge in [-0.05, 0) is 30.7 Å². The zero-order valence-corrected chi connectivity index (χ0v) is 13.5. The van der Waals surface area contributed by atoms with Crippen LogP contribution in [0.4, 0.5) is 0 Å². The van der Waals surface area contributed by atoms with Crippen molar-refractivity contribution in [2.24, 2.45) is 7.05 Å². The number of pyridine rings is 1. The SMILES string of the molecule is Cc1cc(=O)n(-c2ccc3scnc3c2)cc1-c1cnn(C)c1. The summed E-state index contributed by atoms with van der Waals surface area (Å²) in [6.45, 7) is 1.94. The normalized spacial score (nSPS) is 11.2. The highest BCUT2D eigenvalue weighted by atomic mass is 32.1. The third-order valence-corrected chi connectivity index (χ3v) is 4.68. The van der Waals surface area contributed by atoms with Crippen molar-refractivity contribution in [3.05, 3.63) is 64.3 Å². The molecule has 4 aromatic rings. The molecule has 3 heterocycles. The first kappa shape index (κ1) is 13.9. The Balaban J connectivity index is 1.92. The predicted octanol–water partition coefficient (Wildman–Crippen LogP) is 3.16. The van der Waals surface area contributed by atoms with E-state index >= 15 is 0 Å². The summed E-state index contributed by atoms with van der Waals surface area (Å²) in [5, 5.41) is 4.21. The van der Waals surface area contributed by atoms with E-state index in [9.17, 15) is 4.79 Å². The van der Waals surface area contributed by atoms with Crippen LogP contribution in [0, 0.1) is 6.92 Å². The molecule has 0 aliphatic carbocycles. The molecular formula is C17H14N4OS. The number of benzene rings is 1. The number of rotatable bonds is 2. The number of nitrogens with zero attached hydrogens (tertiary/aromatic N) is 4. The Labute approximate surface area is 136 Å². The molecule has 3 aromatic heterocycles. The molecule has 0 aliphatic heterocycles. The monoisotopic (exact) mass is 322 g/mol. The largest absolute Gasteiger partial charge is 0.284 e. The molecule has 0 saturated heterocycles. The molecule has 0 aliphatic rings. The highest BCUT2D eigenvalue weighted by molar-refractivity contribution is 7.16. The lowest BCUT2D eigenvalue weighted by Crippen LogP contribution is -2.17. The topological polar surface area (TPSA) is 52.7 Å². The summed E-state index contributed by atoms with van der Waals surface area (Å²) in [5.74, 6) is 0. The van der Waals surface area contributed by atoms with Crippen molar-refractivity contribution in [3.8, 4) is 16.8 Å². The quantitative estimate of drug-likeness (QED) is 0.569. The Morgan fingerprint density at radius 1 is 1.17 bits per heavy atom. The van der Waals surface area contributed by atoms with Gasteiger partial charge in [0.1, 0.15) is 0 Å². The number of fused-ring (bicyclic) bond motifs is 1. The maximum Gasteiger partial charge on any atom is 0.255 e. The van der Waals surface area contributed by atoms with E-state index < -0.39 is 0 Å². The van der Waals surface area contributed by atoms with Crippen molar-refractivity contribution >= 4 is 21.6 Å². The van der Waals surface area contributed by atoms with Crippen molar-refractivity contribution in [2.45, 2.75) is 6.92 Å². The molecule has 0 fully saturated rings. The lowest BCUT2D eigenvalue weighted by atomic mass is 10.1.